The van der Waals surface area contributed by atoms with E-state index < -0.39 is 0 Å². The maximum Gasteiger partial charge on any atom is 0.222 e. The summed E-state index contributed by atoms with van der Waals surface area (Å²) in [4.78, 5) is 21.8. The Labute approximate surface area is 171 Å². The SMILES string of the molecule is COc1cccc(-c2csc(CN3CCN(C(=O)CC4CCCC4)CC3)n2)c1. The van der Waals surface area contributed by atoms with Crippen molar-refractivity contribution in [2.45, 2.75) is 38.6 Å². The molecule has 2 aromatic rings. The topological polar surface area (TPSA) is 45.7 Å². The van der Waals surface area contributed by atoms with Crippen molar-refractivity contribution in [3.63, 3.8) is 0 Å². The Kier molecular flexibility index (Phi) is 6.27. The van der Waals surface area contributed by atoms with E-state index in [0.29, 0.717) is 11.8 Å². The molecule has 1 aromatic carbocycles. The minimum absolute atomic E-state index is 0.362. The Hall–Kier alpha value is -1.92. The molecule has 6 heteroatoms. The van der Waals surface area contributed by atoms with Gasteiger partial charge in [-0.25, -0.2) is 4.98 Å². The smallest absolute Gasteiger partial charge is 0.222 e. The molecule has 1 amide bonds. The third kappa shape index (κ3) is 4.73. The number of carbonyl (C=O) groups is 1. The summed E-state index contributed by atoms with van der Waals surface area (Å²) < 4.78 is 5.31. The third-order valence-corrected chi connectivity index (χ3v) is 6.77. The lowest BCUT2D eigenvalue weighted by molar-refractivity contribution is -0.134. The van der Waals surface area contributed by atoms with Gasteiger partial charge in [-0.3, -0.25) is 9.69 Å². The number of nitrogens with zero attached hydrogens (tertiary/aromatic N) is 3. The first-order chi connectivity index (χ1) is 13.7. The summed E-state index contributed by atoms with van der Waals surface area (Å²) >= 11 is 1.71. The van der Waals surface area contributed by atoms with Crippen molar-refractivity contribution in [2.24, 2.45) is 5.92 Å². The first kappa shape index (κ1) is 19.4. The number of amides is 1. The molecular weight excluding hydrogens is 370 g/mol. The average Bonchev–Trinajstić information content (AvgIpc) is 3.41. The van der Waals surface area contributed by atoms with Crippen molar-refractivity contribution in [2.75, 3.05) is 33.3 Å². The number of rotatable bonds is 6. The van der Waals surface area contributed by atoms with Crippen LogP contribution >= 0.6 is 11.3 Å². The van der Waals surface area contributed by atoms with Crippen molar-refractivity contribution in [1.29, 1.82) is 0 Å². The lowest BCUT2D eigenvalue weighted by Crippen LogP contribution is -2.48. The van der Waals surface area contributed by atoms with Crippen LogP contribution in [0.4, 0.5) is 0 Å². The van der Waals surface area contributed by atoms with Crippen LogP contribution in [-0.2, 0) is 11.3 Å². The van der Waals surface area contributed by atoms with Crippen molar-refractivity contribution < 1.29 is 9.53 Å². The van der Waals surface area contributed by atoms with E-state index in [1.165, 1.54) is 25.7 Å². The molecule has 28 heavy (non-hydrogen) atoms. The molecule has 1 aromatic heterocycles. The van der Waals surface area contributed by atoms with Crippen LogP contribution in [0.15, 0.2) is 29.6 Å². The predicted molar refractivity (Wildman–Crippen MR) is 113 cm³/mol. The number of hydrogen-bond acceptors (Lipinski definition) is 5. The van der Waals surface area contributed by atoms with Gasteiger partial charge in [0.2, 0.25) is 5.91 Å². The Morgan fingerprint density at radius 1 is 1.21 bits per heavy atom. The molecule has 0 unspecified atom stereocenters. The predicted octanol–water partition coefficient (Wildman–Crippen LogP) is 4.04. The Morgan fingerprint density at radius 2 is 2.00 bits per heavy atom. The zero-order chi connectivity index (χ0) is 19.3. The monoisotopic (exact) mass is 399 g/mol. The summed E-state index contributed by atoms with van der Waals surface area (Å²) in [6.07, 6.45) is 5.85. The van der Waals surface area contributed by atoms with E-state index in [4.69, 9.17) is 9.72 Å². The van der Waals surface area contributed by atoms with E-state index in [9.17, 15) is 4.79 Å². The van der Waals surface area contributed by atoms with E-state index in [2.05, 4.69) is 21.2 Å². The van der Waals surface area contributed by atoms with E-state index >= 15 is 0 Å². The highest BCUT2D eigenvalue weighted by molar-refractivity contribution is 7.09. The molecule has 1 saturated heterocycles. The Balaban J connectivity index is 1.28. The van der Waals surface area contributed by atoms with Crippen LogP contribution in [-0.4, -0.2) is 54.0 Å². The van der Waals surface area contributed by atoms with Gasteiger partial charge in [-0.1, -0.05) is 25.0 Å². The molecule has 0 radical (unpaired) electrons. The fourth-order valence-electron chi connectivity index (χ4n) is 4.24. The van der Waals surface area contributed by atoms with Crippen molar-refractivity contribution >= 4 is 17.2 Å². The van der Waals surface area contributed by atoms with Gasteiger partial charge in [0, 0.05) is 43.5 Å². The number of methoxy groups -OCH3 is 1. The molecule has 2 fully saturated rings. The minimum Gasteiger partial charge on any atom is -0.497 e. The zero-order valence-electron chi connectivity index (χ0n) is 16.6. The number of carbonyl (C=O) groups excluding carboxylic acids is 1. The Bertz CT molecular complexity index is 793. The van der Waals surface area contributed by atoms with Crippen molar-refractivity contribution in [1.82, 2.24) is 14.8 Å². The first-order valence-electron chi connectivity index (χ1n) is 10.3. The molecule has 4 rings (SSSR count). The molecule has 0 atom stereocenters. The molecule has 1 saturated carbocycles. The van der Waals surface area contributed by atoms with Crippen LogP contribution in [0.3, 0.4) is 0 Å². The molecular formula is C22H29N3O2S. The normalized spacial score (nSPS) is 18.5. The van der Waals surface area contributed by atoms with Gasteiger partial charge in [0.25, 0.3) is 0 Å². The molecule has 5 nitrogen and oxygen atoms in total. The van der Waals surface area contributed by atoms with E-state index in [1.54, 1.807) is 18.4 Å². The molecule has 2 aliphatic rings. The van der Waals surface area contributed by atoms with Gasteiger partial charge in [0.15, 0.2) is 0 Å². The summed E-state index contributed by atoms with van der Waals surface area (Å²) in [6.45, 7) is 4.42. The maximum atomic E-state index is 12.5. The van der Waals surface area contributed by atoms with Gasteiger partial charge in [0.05, 0.1) is 19.3 Å². The van der Waals surface area contributed by atoms with Gasteiger partial charge in [-0.05, 0) is 30.9 Å². The van der Waals surface area contributed by atoms with Crippen LogP contribution < -0.4 is 4.74 Å². The summed E-state index contributed by atoms with van der Waals surface area (Å²) in [6, 6.07) is 8.03. The maximum absolute atomic E-state index is 12.5. The molecule has 150 valence electrons. The number of thiazole rings is 1. The quantitative estimate of drug-likeness (QED) is 0.735. The number of ether oxygens (including phenoxy) is 1. The van der Waals surface area contributed by atoms with E-state index in [-0.39, 0.29) is 0 Å². The summed E-state index contributed by atoms with van der Waals surface area (Å²) in [5.74, 6) is 1.85. The second-order valence-corrected chi connectivity index (χ2v) is 8.81. The lowest BCUT2D eigenvalue weighted by Gasteiger charge is -2.34. The summed E-state index contributed by atoms with van der Waals surface area (Å²) in [7, 11) is 1.68. The number of piperazine rings is 1. The molecule has 1 aliphatic carbocycles. The second-order valence-electron chi connectivity index (χ2n) is 7.87. The summed E-state index contributed by atoms with van der Waals surface area (Å²) in [5, 5.41) is 3.24. The molecule has 0 spiro atoms. The van der Waals surface area contributed by atoms with E-state index in [0.717, 1.165) is 61.2 Å². The fourth-order valence-corrected chi connectivity index (χ4v) is 5.08. The number of benzene rings is 1. The average molecular weight is 400 g/mol. The van der Waals surface area contributed by atoms with E-state index in [1.807, 2.05) is 18.2 Å². The standard InChI is InChI=1S/C22H29N3O2S/c1-27-19-8-4-7-18(14-19)20-16-28-21(23-20)15-24-9-11-25(12-10-24)22(26)13-17-5-2-3-6-17/h4,7-8,14,16-17H,2-3,5-6,9-13,15H2,1H3. The first-order valence-corrected chi connectivity index (χ1v) is 11.2. The summed E-state index contributed by atoms with van der Waals surface area (Å²) in [5.41, 5.74) is 2.09. The van der Waals surface area contributed by atoms with Gasteiger partial charge < -0.3 is 9.64 Å². The van der Waals surface area contributed by atoms with Crippen molar-refractivity contribution in [3.8, 4) is 17.0 Å². The van der Waals surface area contributed by atoms with Gasteiger partial charge in [-0.15, -0.1) is 11.3 Å². The highest BCUT2D eigenvalue weighted by Gasteiger charge is 2.25. The van der Waals surface area contributed by atoms with Crippen LogP contribution in [0.1, 0.15) is 37.1 Å². The second kappa shape index (κ2) is 9.05. The van der Waals surface area contributed by atoms with Crippen LogP contribution in [0, 0.1) is 5.92 Å². The van der Waals surface area contributed by atoms with Crippen LogP contribution in [0.2, 0.25) is 0 Å². The van der Waals surface area contributed by atoms with Gasteiger partial charge >= 0.3 is 0 Å². The lowest BCUT2D eigenvalue weighted by atomic mass is 10.0. The number of aromatic nitrogens is 1. The Morgan fingerprint density at radius 3 is 2.75 bits per heavy atom. The highest BCUT2D eigenvalue weighted by Crippen LogP contribution is 2.29. The fraction of sp³-hybridized carbons (Fsp3) is 0.545. The largest absolute Gasteiger partial charge is 0.497 e. The molecule has 0 bridgehead atoms. The van der Waals surface area contributed by atoms with Crippen molar-refractivity contribution in [3.05, 3.63) is 34.7 Å². The minimum atomic E-state index is 0.362. The zero-order valence-corrected chi connectivity index (χ0v) is 17.4. The molecule has 2 heterocycles. The number of hydrogen-bond donors (Lipinski definition) is 0. The molecule has 1 aliphatic heterocycles. The highest BCUT2D eigenvalue weighted by atomic mass is 32.1. The molecule has 0 N–H and O–H groups in total. The third-order valence-electron chi connectivity index (χ3n) is 5.94. The van der Waals surface area contributed by atoms with Gasteiger partial charge in [-0.2, -0.15) is 0 Å². The van der Waals surface area contributed by atoms with Crippen LogP contribution in [0.25, 0.3) is 11.3 Å². The van der Waals surface area contributed by atoms with Gasteiger partial charge in [0.1, 0.15) is 10.8 Å². The van der Waals surface area contributed by atoms with Crippen LogP contribution in [0.5, 0.6) is 5.75 Å².